The van der Waals surface area contributed by atoms with E-state index in [-0.39, 0.29) is 29.7 Å². The van der Waals surface area contributed by atoms with E-state index in [1.54, 1.807) is 4.57 Å². The first-order valence-corrected chi connectivity index (χ1v) is 11.4. The minimum atomic E-state index is -1.43. The monoisotopic (exact) mass is 452 g/mol. The highest BCUT2D eigenvalue weighted by Crippen LogP contribution is 2.42. The van der Waals surface area contributed by atoms with Crippen LogP contribution in [0.2, 0.25) is 0 Å². The minimum absolute atomic E-state index is 0.0787. The topological polar surface area (TPSA) is 64.4 Å². The van der Waals surface area contributed by atoms with Crippen molar-refractivity contribution < 1.29 is 14.2 Å². The molecule has 2 aliphatic heterocycles. The third kappa shape index (κ3) is 2.74. The summed E-state index contributed by atoms with van der Waals surface area (Å²) in [6.45, 7) is 10.2. The Labute approximate surface area is 191 Å². The summed E-state index contributed by atoms with van der Waals surface area (Å²) in [7, 11) is 0. The van der Waals surface area contributed by atoms with Crippen LogP contribution in [0.4, 0.5) is 4.39 Å². The van der Waals surface area contributed by atoms with Gasteiger partial charge in [-0.3, -0.25) is 4.79 Å². The van der Waals surface area contributed by atoms with Crippen LogP contribution < -0.4 is 5.56 Å². The molecule has 32 heavy (non-hydrogen) atoms. The molecule has 1 N–H and O–H groups in total. The smallest absolute Gasteiger partial charge is 0.258 e. The molecule has 0 amide bonds. The normalized spacial score (nSPS) is 19.2. The number of aliphatic hydroxyl groups is 1. The molecular formula is C25H25FN2O3S. The van der Waals surface area contributed by atoms with Gasteiger partial charge < -0.3 is 14.4 Å². The number of hydrogen-bond acceptors (Lipinski definition) is 5. The van der Waals surface area contributed by atoms with Crippen LogP contribution in [0.1, 0.15) is 60.9 Å². The zero-order valence-electron chi connectivity index (χ0n) is 18.3. The summed E-state index contributed by atoms with van der Waals surface area (Å²) in [5.74, 6) is 0.317. The van der Waals surface area contributed by atoms with Crippen molar-refractivity contribution in [1.29, 1.82) is 0 Å². The number of nitrogens with zero attached hydrogens (tertiary/aromatic N) is 2. The van der Waals surface area contributed by atoms with Crippen LogP contribution in [0.5, 0.6) is 0 Å². The van der Waals surface area contributed by atoms with E-state index in [0.29, 0.717) is 52.3 Å². The average Bonchev–Trinajstić information content (AvgIpc) is 3.12. The van der Waals surface area contributed by atoms with Gasteiger partial charge in [0.2, 0.25) is 0 Å². The molecule has 2 aromatic heterocycles. The van der Waals surface area contributed by atoms with Gasteiger partial charge in [0.25, 0.3) is 5.56 Å². The molecule has 0 radical (unpaired) electrons. The molecule has 0 fully saturated rings. The number of benzene rings is 1. The number of ether oxygens (including phenoxy) is 1. The van der Waals surface area contributed by atoms with Gasteiger partial charge in [0.15, 0.2) is 0 Å². The maximum absolute atomic E-state index is 14.9. The Morgan fingerprint density at radius 2 is 2.12 bits per heavy atom. The van der Waals surface area contributed by atoms with Gasteiger partial charge in [-0.05, 0) is 30.0 Å². The molecule has 0 spiro atoms. The van der Waals surface area contributed by atoms with E-state index in [9.17, 15) is 14.3 Å². The molecule has 2 aliphatic rings. The second kappa shape index (κ2) is 7.18. The molecule has 3 aromatic rings. The van der Waals surface area contributed by atoms with E-state index < -0.39 is 5.60 Å². The molecule has 0 saturated heterocycles. The standard InChI is InChI=1S/C25H25FN2O3S/c1-5-25(30)13(4)31-10-16-18(25)7-21-23-14(9-28(21)24(16)29)6-15-20(27-23)8-19(26)17(11-32)22(15)12(2)3/h6-8,12,30,32H,4-5,9-11H2,1-3H3/t25-/m1/s1. The van der Waals surface area contributed by atoms with Crippen molar-refractivity contribution in [3.63, 3.8) is 0 Å². The first kappa shape index (κ1) is 21.2. The van der Waals surface area contributed by atoms with Crippen LogP contribution in [-0.2, 0) is 29.2 Å². The second-order valence-electron chi connectivity index (χ2n) is 8.87. The predicted octanol–water partition coefficient (Wildman–Crippen LogP) is 4.76. The molecule has 166 valence electrons. The van der Waals surface area contributed by atoms with E-state index in [4.69, 9.17) is 9.72 Å². The highest BCUT2D eigenvalue weighted by atomic mass is 32.1. The lowest BCUT2D eigenvalue weighted by Gasteiger charge is -2.35. The molecule has 0 bridgehead atoms. The van der Waals surface area contributed by atoms with Crippen LogP contribution >= 0.6 is 12.6 Å². The zero-order chi connectivity index (χ0) is 22.9. The quantitative estimate of drug-likeness (QED) is 0.440. The number of pyridine rings is 2. The lowest BCUT2D eigenvalue weighted by Crippen LogP contribution is -2.38. The average molecular weight is 453 g/mol. The summed E-state index contributed by atoms with van der Waals surface area (Å²) < 4.78 is 22.1. The van der Waals surface area contributed by atoms with Gasteiger partial charge in [-0.1, -0.05) is 27.4 Å². The maximum Gasteiger partial charge on any atom is 0.258 e. The largest absolute Gasteiger partial charge is 0.490 e. The highest BCUT2D eigenvalue weighted by molar-refractivity contribution is 7.79. The van der Waals surface area contributed by atoms with Crippen molar-refractivity contribution in [3.05, 3.63) is 74.5 Å². The Balaban J connectivity index is 1.80. The summed E-state index contributed by atoms with van der Waals surface area (Å²) in [6.07, 6.45) is 0.329. The van der Waals surface area contributed by atoms with E-state index in [1.165, 1.54) is 6.07 Å². The lowest BCUT2D eigenvalue weighted by molar-refractivity contribution is -0.0172. The van der Waals surface area contributed by atoms with Gasteiger partial charge in [0.05, 0.1) is 29.0 Å². The number of thiol groups is 1. The van der Waals surface area contributed by atoms with Crippen molar-refractivity contribution in [1.82, 2.24) is 9.55 Å². The minimum Gasteiger partial charge on any atom is -0.490 e. The van der Waals surface area contributed by atoms with Crippen molar-refractivity contribution in [2.45, 2.75) is 57.6 Å². The third-order valence-electron chi connectivity index (χ3n) is 6.81. The molecule has 0 saturated carbocycles. The summed E-state index contributed by atoms with van der Waals surface area (Å²) >= 11 is 4.34. The highest BCUT2D eigenvalue weighted by Gasteiger charge is 2.41. The Hall–Kier alpha value is -2.64. The van der Waals surface area contributed by atoms with Gasteiger partial charge in [0, 0.05) is 33.9 Å². The van der Waals surface area contributed by atoms with Gasteiger partial charge in [-0.2, -0.15) is 12.6 Å². The molecule has 5 nitrogen and oxygen atoms in total. The SMILES string of the molecule is C=C1OCc2c(cc3n(c2=O)Cc2cc4c(C(C)C)c(CS)c(F)cc4nc2-3)[C@@]1(O)CC. The molecule has 0 aliphatic carbocycles. The maximum atomic E-state index is 14.9. The fourth-order valence-corrected chi connectivity index (χ4v) is 5.41. The molecule has 0 unspecified atom stereocenters. The zero-order valence-corrected chi connectivity index (χ0v) is 19.2. The Bertz CT molecular complexity index is 1380. The van der Waals surface area contributed by atoms with Crippen LogP contribution in [0.15, 0.2) is 35.3 Å². The molecule has 4 heterocycles. The Morgan fingerprint density at radius 1 is 1.38 bits per heavy atom. The first-order valence-electron chi connectivity index (χ1n) is 10.8. The van der Waals surface area contributed by atoms with Gasteiger partial charge >= 0.3 is 0 Å². The van der Waals surface area contributed by atoms with Gasteiger partial charge in [-0.15, -0.1) is 0 Å². The van der Waals surface area contributed by atoms with Crippen LogP contribution in [0.25, 0.3) is 22.3 Å². The fraction of sp³-hybridized carbons (Fsp3) is 0.360. The lowest BCUT2D eigenvalue weighted by atomic mass is 9.84. The van der Waals surface area contributed by atoms with Gasteiger partial charge in [0.1, 0.15) is 23.8 Å². The van der Waals surface area contributed by atoms with Crippen molar-refractivity contribution in [2.24, 2.45) is 0 Å². The third-order valence-corrected chi connectivity index (χ3v) is 7.13. The molecule has 7 heteroatoms. The van der Waals surface area contributed by atoms with Gasteiger partial charge in [-0.25, -0.2) is 9.37 Å². The Kier molecular flexibility index (Phi) is 4.76. The van der Waals surface area contributed by atoms with Crippen molar-refractivity contribution in [2.75, 3.05) is 0 Å². The second-order valence-corrected chi connectivity index (χ2v) is 9.18. The molecule has 5 rings (SSSR count). The van der Waals surface area contributed by atoms with E-state index in [1.807, 2.05) is 32.9 Å². The van der Waals surface area contributed by atoms with Crippen molar-refractivity contribution >= 4 is 23.5 Å². The number of halogens is 1. The summed E-state index contributed by atoms with van der Waals surface area (Å²) in [6, 6.07) is 5.29. The number of aromatic nitrogens is 2. The summed E-state index contributed by atoms with van der Waals surface area (Å²) in [5, 5.41) is 12.1. The van der Waals surface area contributed by atoms with E-state index >= 15 is 0 Å². The Morgan fingerprint density at radius 3 is 2.78 bits per heavy atom. The number of rotatable bonds is 3. The van der Waals surface area contributed by atoms with Crippen molar-refractivity contribution in [3.8, 4) is 11.4 Å². The fourth-order valence-electron chi connectivity index (χ4n) is 5.09. The van der Waals surface area contributed by atoms with Crippen LogP contribution in [0, 0.1) is 5.82 Å². The number of hydrogen-bond donors (Lipinski definition) is 2. The van der Waals surface area contributed by atoms with Crippen LogP contribution in [-0.4, -0.2) is 14.7 Å². The summed E-state index contributed by atoms with van der Waals surface area (Å²) in [5.41, 5.74) is 3.52. The molecule has 1 aromatic carbocycles. The predicted molar refractivity (Wildman–Crippen MR) is 125 cm³/mol. The molecule has 1 atom stereocenters. The van der Waals surface area contributed by atoms with E-state index in [2.05, 4.69) is 19.2 Å². The molecular weight excluding hydrogens is 427 g/mol. The summed E-state index contributed by atoms with van der Waals surface area (Å²) in [4.78, 5) is 18.2. The van der Waals surface area contributed by atoms with E-state index in [0.717, 1.165) is 16.5 Å². The van der Waals surface area contributed by atoms with Crippen LogP contribution in [0.3, 0.4) is 0 Å². The number of fused-ring (bicyclic) bond motifs is 5. The first-order chi connectivity index (χ1) is 15.2.